The summed E-state index contributed by atoms with van der Waals surface area (Å²) in [5.41, 5.74) is -0.269. The molecule has 2 atom stereocenters. The van der Waals surface area contributed by atoms with Gasteiger partial charge in [-0.2, -0.15) is 0 Å². The zero-order chi connectivity index (χ0) is 12.1. The van der Waals surface area contributed by atoms with Crippen LogP contribution in [0.25, 0.3) is 0 Å². The highest BCUT2D eigenvalue weighted by Gasteiger charge is 2.18. The number of halogens is 1. The van der Waals surface area contributed by atoms with Gasteiger partial charge in [0, 0.05) is 5.92 Å². The Labute approximate surface area is 107 Å². The third kappa shape index (κ3) is 9.16. The van der Waals surface area contributed by atoms with Crippen LogP contribution in [0.1, 0.15) is 41.5 Å². The summed E-state index contributed by atoms with van der Waals surface area (Å²) < 4.78 is -0.0342. The topological polar surface area (TPSA) is 18.5 Å². The Kier molecular flexibility index (Phi) is 6.81. The highest BCUT2D eigenvalue weighted by Crippen LogP contribution is 2.18. The molecule has 88 valence electrons. The minimum atomic E-state index is -0.269. The van der Waals surface area contributed by atoms with Crippen molar-refractivity contribution in [1.29, 1.82) is 0 Å². The van der Waals surface area contributed by atoms with Crippen molar-refractivity contribution in [1.82, 2.24) is 0 Å². The summed E-state index contributed by atoms with van der Waals surface area (Å²) >= 11 is 2.20. The van der Waals surface area contributed by atoms with Crippen molar-refractivity contribution >= 4 is 22.6 Å². The van der Waals surface area contributed by atoms with Crippen LogP contribution in [0.15, 0.2) is 0 Å². The van der Waals surface area contributed by atoms with Crippen LogP contribution in [-0.4, -0.2) is 9.71 Å². The van der Waals surface area contributed by atoms with Crippen LogP contribution in [0, 0.1) is 23.7 Å². The molecule has 0 spiro atoms. The molecular formula is C12H21IO2. The van der Waals surface area contributed by atoms with Gasteiger partial charge in [-0.25, -0.2) is 9.78 Å². The van der Waals surface area contributed by atoms with E-state index in [-0.39, 0.29) is 15.6 Å². The van der Waals surface area contributed by atoms with Crippen molar-refractivity contribution in [3.05, 3.63) is 0 Å². The van der Waals surface area contributed by atoms with Crippen LogP contribution < -0.4 is 0 Å². The summed E-state index contributed by atoms with van der Waals surface area (Å²) in [6, 6.07) is 0. The third-order valence-electron chi connectivity index (χ3n) is 1.38. The lowest BCUT2D eigenvalue weighted by Gasteiger charge is -2.21. The van der Waals surface area contributed by atoms with Gasteiger partial charge in [-0.3, -0.25) is 0 Å². The van der Waals surface area contributed by atoms with E-state index in [9.17, 15) is 0 Å². The first-order chi connectivity index (χ1) is 6.72. The SMILES string of the molecule is CC(C)C#CC(C)C(I)OOC(C)(C)C. The van der Waals surface area contributed by atoms with Crippen LogP contribution in [-0.2, 0) is 9.78 Å². The van der Waals surface area contributed by atoms with Crippen LogP contribution in [0.5, 0.6) is 0 Å². The van der Waals surface area contributed by atoms with Crippen molar-refractivity contribution in [3.63, 3.8) is 0 Å². The summed E-state index contributed by atoms with van der Waals surface area (Å²) in [7, 11) is 0. The molecule has 0 aromatic carbocycles. The molecule has 0 saturated carbocycles. The molecule has 0 aliphatic carbocycles. The molecule has 15 heavy (non-hydrogen) atoms. The number of hydrogen-bond acceptors (Lipinski definition) is 2. The zero-order valence-corrected chi connectivity index (χ0v) is 12.6. The first-order valence-corrected chi connectivity index (χ1v) is 6.46. The van der Waals surface area contributed by atoms with E-state index in [1.165, 1.54) is 0 Å². The molecule has 0 N–H and O–H groups in total. The molecule has 3 heteroatoms. The third-order valence-corrected chi connectivity index (χ3v) is 2.67. The molecule has 0 rings (SSSR count). The van der Waals surface area contributed by atoms with Crippen LogP contribution in [0.4, 0.5) is 0 Å². The van der Waals surface area contributed by atoms with E-state index in [2.05, 4.69) is 48.3 Å². The number of rotatable bonds is 3. The summed E-state index contributed by atoms with van der Waals surface area (Å²) in [5.74, 6) is 6.87. The molecule has 0 aromatic heterocycles. The van der Waals surface area contributed by atoms with Gasteiger partial charge in [0.05, 0.1) is 11.5 Å². The predicted octanol–water partition coefficient (Wildman–Crippen LogP) is 3.79. The van der Waals surface area contributed by atoms with Crippen molar-refractivity contribution < 1.29 is 9.78 Å². The summed E-state index contributed by atoms with van der Waals surface area (Å²) in [4.78, 5) is 10.5. The minimum Gasteiger partial charge on any atom is -0.230 e. The highest BCUT2D eigenvalue weighted by atomic mass is 127. The lowest BCUT2D eigenvalue weighted by atomic mass is 10.1. The molecule has 0 aromatic rings. The van der Waals surface area contributed by atoms with Crippen molar-refractivity contribution in [2.24, 2.45) is 11.8 Å². The van der Waals surface area contributed by atoms with Gasteiger partial charge in [0.15, 0.2) is 4.11 Å². The second kappa shape index (κ2) is 6.72. The first-order valence-electron chi connectivity index (χ1n) is 5.22. The van der Waals surface area contributed by atoms with Crippen LogP contribution >= 0.6 is 22.6 Å². The maximum Gasteiger partial charge on any atom is 0.157 e. The zero-order valence-electron chi connectivity index (χ0n) is 10.4. The predicted molar refractivity (Wildman–Crippen MR) is 71.5 cm³/mol. The minimum absolute atomic E-state index is 0.0342. The molecule has 0 amide bonds. The lowest BCUT2D eigenvalue weighted by molar-refractivity contribution is -0.356. The fourth-order valence-corrected chi connectivity index (χ4v) is 0.921. The quantitative estimate of drug-likeness (QED) is 0.259. The Bertz CT molecular complexity index is 232. The maximum absolute atomic E-state index is 5.28. The fraction of sp³-hybridized carbons (Fsp3) is 0.833. The van der Waals surface area contributed by atoms with E-state index in [1.807, 2.05) is 27.7 Å². The average Bonchev–Trinajstić information content (AvgIpc) is 2.08. The molecule has 0 aliphatic rings. The summed E-state index contributed by atoms with van der Waals surface area (Å²) in [6.45, 7) is 12.1. The van der Waals surface area contributed by atoms with Gasteiger partial charge in [-0.15, -0.1) is 5.92 Å². The molecule has 2 nitrogen and oxygen atoms in total. The fourth-order valence-electron chi connectivity index (χ4n) is 0.637. The Hall–Kier alpha value is 0.210. The van der Waals surface area contributed by atoms with Crippen molar-refractivity contribution in [2.75, 3.05) is 0 Å². The number of hydrogen-bond donors (Lipinski definition) is 0. The number of alkyl halides is 1. The van der Waals surface area contributed by atoms with Crippen molar-refractivity contribution in [2.45, 2.75) is 51.3 Å². The molecular weight excluding hydrogens is 303 g/mol. The Balaban J connectivity index is 4.01. The van der Waals surface area contributed by atoms with Gasteiger partial charge in [0.25, 0.3) is 0 Å². The smallest absolute Gasteiger partial charge is 0.157 e. The molecule has 0 heterocycles. The van der Waals surface area contributed by atoms with Gasteiger partial charge in [0.2, 0.25) is 0 Å². The van der Waals surface area contributed by atoms with E-state index in [1.54, 1.807) is 0 Å². The van der Waals surface area contributed by atoms with Gasteiger partial charge >= 0.3 is 0 Å². The van der Waals surface area contributed by atoms with Gasteiger partial charge in [-0.1, -0.05) is 19.8 Å². The molecule has 0 fully saturated rings. The van der Waals surface area contributed by atoms with Crippen LogP contribution in [0.2, 0.25) is 0 Å². The molecule has 0 saturated heterocycles. The Morgan fingerprint density at radius 3 is 2.00 bits per heavy atom. The van der Waals surface area contributed by atoms with E-state index < -0.39 is 0 Å². The first kappa shape index (κ1) is 15.2. The maximum atomic E-state index is 5.28. The standard InChI is InChI=1S/C12H21IO2/c1-9(2)7-8-10(3)11(13)14-15-12(4,5)6/h9-11H,1-6H3. The molecule has 0 radical (unpaired) electrons. The van der Waals surface area contributed by atoms with E-state index in [4.69, 9.17) is 9.78 Å². The van der Waals surface area contributed by atoms with Gasteiger partial charge in [0.1, 0.15) is 0 Å². The van der Waals surface area contributed by atoms with E-state index in [0.717, 1.165) is 0 Å². The Morgan fingerprint density at radius 1 is 1.07 bits per heavy atom. The highest BCUT2D eigenvalue weighted by molar-refractivity contribution is 14.1. The average molecular weight is 324 g/mol. The second-order valence-corrected chi connectivity index (χ2v) is 6.10. The van der Waals surface area contributed by atoms with Crippen LogP contribution in [0.3, 0.4) is 0 Å². The molecule has 0 aliphatic heterocycles. The van der Waals surface area contributed by atoms with E-state index in [0.29, 0.717) is 5.92 Å². The summed E-state index contributed by atoms with van der Waals surface area (Å²) in [6.07, 6.45) is 0. The van der Waals surface area contributed by atoms with Gasteiger partial charge < -0.3 is 0 Å². The van der Waals surface area contributed by atoms with Crippen molar-refractivity contribution in [3.8, 4) is 11.8 Å². The van der Waals surface area contributed by atoms with Gasteiger partial charge in [-0.05, 0) is 50.3 Å². The molecule has 2 unspecified atom stereocenters. The largest absolute Gasteiger partial charge is 0.230 e. The Morgan fingerprint density at radius 2 is 1.60 bits per heavy atom. The second-order valence-electron chi connectivity index (χ2n) is 4.88. The van der Waals surface area contributed by atoms with E-state index >= 15 is 0 Å². The monoisotopic (exact) mass is 324 g/mol. The lowest BCUT2D eigenvalue weighted by Crippen LogP contribution is -2.24. The molecule has 0 bridgehead atoms. The summed E-state index contributed by atoms with van der Waals surface area (Å²) in [5, 5.41) is 0. The normalized spacial score (nSPS) is 15.7.